The van der Waals surface area contributed by atoms with Crippen molar-refractivity contribution >= 4 is 34.4 Å². The smallest absolute Gasteiger partial charge is 0.216 e. The number of methoxy groups -OCH3 is 1. The molecule has 0 amide bonds. The van der Waals surface area contributed by atoms with Gasteiger partial charge in [0.25, 0.3) is 0 Å². The normalized spacial score (nSPS) is 11.1. The Labute approximate surface area is 151 Å². The molecule has 0 spiro atoms. The standard InChI is InChI=1S/C16H13BrN4O2S/c1-23-14-8-10(6-7-13(14)22)9-18-21-15(19-20-16(21)24)11-4-2-3-5-12(11)17/h2-9,22H,1H3,(H,20,24)/b18-9+. The van der Waals surface area contributed by atoms with E-state index in [4.69, 9.17) is 17.0 Å². The van der Waals surface area contributed by atoms with Crippen LogP contribution in [0.1, 0.15) is 5.56 Å². The van der Waals surface area contributed by atoms with Crippen molar-refractivity contribution in [3.05, 3.63) is 57.3 Å². The van der Waals surface area contributed by atoms with E-state index in [1.165, 1.54) is 11.8 Å². The Morgan fingerprint density at radius 2 is 2.12 bits per heavy atom. The second kappa shape index (κ2) is 6.98. The molecule has 8 heteroatoms. The van der Waals surface area contributed by atoms with Gasteiger partial charge >= 0.3 is 0 Å². The third-order valence-corrected chi connectivity index (χ3v) is 4.25. The van der Waals surface area contributed by atoms with Crippen molar-refractivity contribution in [2.24, 2.45) is 5.10 Å². The Bertz CT molecular complexity index is 965. The number of benzene rings is 2. The van der Waals surface area contributed by atoms with Crippen LogP contribution in [0.2, 0.25) is 0 Å². The van der Waals surface area contributed by atoms with E-state index in [1.807, 2.05) is 24.3 Å². The molecule has 0 saturated heterocycles. The summed E-state index contributed by atoms with van der Waals surface area (Å²) in [6.07, 6.45) is 1.62. The molecule has 6 nitrogen and oxygen atoms in total. The predicted molar refractivity (Wildman–Crippen MR) is 98.2 cm³/mol. The summed E-state index contributed by atoms with van der Waals surface area (Å²) in [7, 11) is 1.49. The van der Waals surface area contributed by atoms with Crippen molar-refractivity contribution in [2.45, 2.75) is 0 Å². The van der Waals surface area contributed by atoms with Crippen LogP contribution in [0, 0.1) is 4.77 Å². The molecular formula is C16H13BrN4O2S. The lowest BCUT2D eigenvalue weighted by Gasteiger charge is -2.04. The maximum Gasteiger partial charge on any atom is 0.216 e. The number of nitrogens with one attached hydrogen (secondary N) is 1. The fourth-order valence-electron chi connectivity index (χ4n) is 2.11. The van der Waals surface area contributed by atoms with Gasteiger partial charge in [-0.2, -0.15) is 14.9 Å². The van der Waals surface area contributed by atoms with Gasteiger partial charge in [0.15, 0.2) is 17.3 Å². The quantitative estimate of drug-likeness (QED) is 0.509. The van der Waals surface area contributed by atoms with E-state index in [0.717, 1.165) is 15.6 Å². The van der Waals surface area contributed by atoms with Crippen LogP contribution in [0.25, 0.3) is 11.4 Å². The highest BCUT2D eigenvalue weighted by molar-refractivity contribution is 9.10. The Morgan fingerprint density at radius 1 is 1.33 bits per heavy atom. The van der Waals surface area contributed by atoms with Crippen LogP contribution in [0.3, 0.4) is 0 Å². The summed E-state index contributed by atoms with van der Waals surface area (Å²) in [4.78, 5) is 0. The SMILES string of the molecule is COc1cc(/C=N/n2c(-c3ccccc3Br)n[nH]c2=S)ccc1O. The first kappa shape index (κ1) is 16.4. The van der Waals surface area contributed by atoms with Gasteiger partial charge in [-0.05, 0) is 48.1 Å². The van der Waals surface area contributed by atoms with Crippen molar-refractivity contribution in [1.82, 2.24) is 14.9 Å². The molecular weight excluding hydrogens is 392 g/mol. The van der Waals surface area contributed by atoms with Crippen LogP contribution < -0.4 is 4.74 Å². The highest BCUT2D eigenvalue weighted by atomic mass is 79.9. The fourth-order valence-corrected chi connectivity index (χ4v) is 2.76. The topological polar surface area (TPSA) is 75.4 Å². The highest BCUT2D eigenvalue weighted by Crippen LogP contribution is 2.27. The lowest BCUT2D eigenvalue weighted by Crippen LogP contribution is -1.96. The predicted octanol–water partition coefficient (Wildman–Crippen LogP) is 3.97. The van der Waals surface area contributed by atoms with Crippen LogP contribution in [0.4, 0.5) is 0 Å². The van der Waals surface area contributed by atoms with Gasteiger partial charge in [-0.1, -0.05) is 28.1 Å². The van der Waals surface area contributed by atoms with Crippen LogP contribution in [0.15, 0.2) is 52.0 Å². The minimum absolute atomic E-state index is 0.0727. The molecule has 0 saturated carbocycles. The van der Waals surface area contributed by atoms with Crippen molar-refractivity contribution < 1.29 is 9.84 Å². The molecule has 0 fully saturated rings. The molecule has 24 heavy (non-hydrogen) atoms. The number of aromatic amines is 1. The number of aromatic hydroxyl groups is 1. The maximum atomic E-state index is 9.64. The molecule has 1 aromatic heterocycles. The van der Waals surface area contributed by atoms with Gasteiger partial charge in [0.05, 0.1) is 13.3 Å². The number of phenols is 1. The number of halogens is 1. The summed E-state index contributed by atoms with van der Waals surface area (Å²) < 4.78 is 7.90. The van der Waals surface area contributed by atoms with Gasteiger partial charge in [-0.25, -0.2) is 5.10 Å². The number of hydrogen-bond acceptors (Lipinski definition) is 5. The first-order valence-corrected chi connectivity index (χ1v) is 8.14. The number of H-pyrrole nitrogens is 1. The molecule has 0 aliphatic carbocycles. The Balaban J connectivity index is 2.01. The van der Waals surface area contributed by atoms with Gasteiger partial charge in [-0.3, -0.25) is 0 Å². The Hall–Kier alpha value is -2.45. The monoisotopic (exact) mass is 404 g/mol. The molecule has 3 rings (SSSR count). The zero-order valence-electron chi connectivity index (χ0n) is 12.6. The molecule has 0 aliphatic heterocycles. The average Bonchev–Trinajstić information content (AvgIpc) is 2.95. The summed E-state index contributed by atoms with van der Waals surface area (Å²) in [6, 6.07) is 12.6. The second-order valence-electron chi connectivity index (χ2n) is 4.82. The molecule has 2 N–H and O–H groups in total. The second-order valence-corrected chi connectivity index (χ2v) is 6.06. The third kappa shape index (κ3) is 3.24. The van der Waals surface area contributed by atoms with Crippen LogP contribution in [-0.4, -0.2) is 33.3 Å². The van der Waals surface area contributed by atoms with Gasteiger partial charge in [0.1, 0.15) is 0 Å². The summed E-state index contributed by atoms with van der Waals surface area (Å²) >= 11 is 8.75. The molecule has 0 atom stereocenters. The van der Waals surface area contributed by atoms with E-state index in [0.29, 0.717) is 16.3 Å². The zero-order chi connectivity index (χ0) is 17.1. The highest BCUT2D eigenvalue weighted by Gasteiger charge is 2.11. The molecule has 0 radical (unpaired) electrons. The molecule has 0 aliphatic rings. The van der Waals surface area contributed by atoms with Gasteiger partial charge in [-0.15, -0.1) is 0 Å². The number of ether oxygens (including phenoxy) is 1. The maximum absolute atomic E-state index is 9.64. The summed E-state index contributed by atoms with van der Waals surface area (Å²) in [5.74, 6) is 1.04. The van der Waals surface area contributed by atoms with Crippen molar-refractivity contribution in [3.63, 3.8) is 0 Å². The average molecular weight is 405 g/mol. The minimum Gasteiger partial charge on any atom is -0.504 e. The van der Waals surface area contributed by atoms with Gasteiger partial charge in [0, 0.05) is 10.0 Å². The van der Waals surface area contributed by atoms with E-state index >= 15 is 0 Å². The van der Waals surface area contributed by atoms with Gasteiger partial charge < -0.3 is 9.84 Å². The number of aromatic nitrogens is 3. The Kier molecular flexibility index (Phi) is 4.77. The molecule has 2 aromatic carbocycles. The van der Waals surface area contributed by atoms with Crippen LogP contribution in [-0.2, 0) is 0 Å². The Morgan fingerprint density at radius 3 is 2.88 bits per heavy atom. The minimum atomic E-state index is 0.0727. The van der Waals surface area contributed by atoms with Crippen molar-refractivity contribution in [3.8, 4) is 22.9 Å². The number of hydrogen-bond donors (Lipinski definition) is 2. The number of rotatable bonds is 4. The molecule has 0 unspecified atom stereocenters. The summed E-state index contributed by atoms with van der Waals surface area (Å²) in [5.41, 5.74) is 1.62. The van der Waals surface area contributed by atoms with Crippen LogP contribution in [0.5, 0.6) is 11.5 Å². The lowest BCUT2D eigenvalue weighted by molar-refractivity contribution is 0.373. The van der Waals surface area contributed by atoms with E-state index in [1.54, 1.807) is 24.4 Å². The summed E-state index contributed by atoms with van der Waals surface area (Å²) in [6.45, 7) is 0. The van der Waals surface area contributed by atoms with Crippen molar-refractivity contribution in [2.75, 3.05) is 7.11 Å². The summed E-state index contributed by atoms with van der Waals surface area (Å²) in [5, 5.41) is 21.0. The van der Waals surface area contributed by atoms with E-state index in [-0.39, 0.29) is 5.75 Å². The molecule has 0 bridgehead atoms. The molecule has 1 heterocycles. The molecule has 3 aromatic rings. The largest absolute Gasteiger partial charge is 0.504 e. The van der Waals surface area contributed by atoms with E-state index in [2.05, 4.69) is 31.2 Å². The lowest BCUT2D eigenvalue weighted by atomic mass is 10.2. The van der Waals surface area contributed by atoms with Crippen molar-refractivity contribution in [1.29, 1.82) is 0 Å². The van der Waals surface area contributed by atoms with E-state index in [9.17, 15) is 5.11 Å². The number of phenolic OH excluding ortho intramolecular Hbond substituents is 1. The fraction of sp³-hybridized carbons (Fsp3) is 0.0625. The third-order valence-electron chi connectivity index (χ3n) is 3.29. The zero-order valence-corrected chi connectivity index (χ0v) is 15.0. The first-order chi connectivity index (χ1) is 11.6. The number of nitrogens with zero attached hydrogens (tertiary/aromatic N) is 3. The van der Waals surface area contributed by atoms with E-state index < -0.39 is 0 Å². The van der Waals surface area contributed by atoms with Gasteiger partial charge in [0.2, 0.25) is 4.77 Å². The molecule has 122 valence electrons. The van der Waals surface area contributed by atoms with Crippen LogP contribution >= 0.6 is 28.1 Å². The first-order valence-electron chi connectivity index (χ1n) is 6.94.